The summed E-state index contributed by atoms with van der Waals surface area (Å²) in [5, 5.41) is 18.8. The van der Waals surface area contributed by atoms with E-state index in [1.165, 1.54) is 13.3 Å². The van der Waals surface area contributed by atoms with Crippen molar-refractivity contribution in [2.75, 3.05) is 6.61 Å². The fraction of sp³-hybridized carbons (Fsp3) is 0.462. The zero-order valence-electron chi connectivity index (χ0n) is 11.4. The number of rotatable bonds is 4. The van der Waals surface area contributed by atoms with E-state index in [-0.39, 0.29) is 18.6 Å². The minimum atomic E-state index is -0.815. The molecule has 3 atom stereocenters. The molecule has 0 aromatic carbocycles. The first-order chi connectivity index (χ1) is 9.99. The molecule has 2 heterocycles. The van der Waals surface area contributed by atoms with Crippen molar-refractivity contribution in [3.63, 3.8) is 0 Å². The van der Waals surface area contributed by atoms with Crippen LogP contribution in [0.15, 0.2) is 28.6 Å². The number of aliphatic hydroxyl groups excluding tert-OH is 1. The Kier molecular flexibility index (Phi) is 4.26. The fourth-order valence-electron chi connectivity index (χ4n) is 2.17. The third-order valence-corrected chi connectivity index (χ3v) is 3.32. The monoisotopic (exact) mass is 293 g/mol. The zero-order valence-corrected chi connectivity index (χ0v) is 11.4. The molecule has 1 aliphatic heterocycles. The van der Waals surface area contributed by atoms with Gasteiger partial charge in [0.05, 0.1) is 12.4 Å². The third kappa shape index (κ3) is 2.74. The van der Waals surface area contributed by atoms with Gasteiger partial charge in [0.25, 0.3) is 5.56 Å². The van der Waals surface area contributed by atoms with Crippen molar-refractivity contribution < 1.29 is 14.6 Å². The van der Waals surface area contributed by atoms with Gasteiger partial charge in [-0.2, -0.15) is 5.26 Å². The Morgan fingerprint density at radius 1 is 1.67 bits per heavy atom. The van der Waals surface area contributed by atoms with Gasteiger partial charge >= 0.3 is 5.69 Å². The highest BCUT2D eigenvalue weighted by molar-refractivity contribution is 5.22. The lowest BCUT2D eigenvalue weighted by Crippen LogP contribution is -2.40. The van der Waals surface area contributed by atoms with Gasteiger partial charge in [-0.15, -0.1) is 0 Å². The van der Waals surface area contributed by atoms with E-state index >= 15 is 0 Å². The number of nitrogens with zero attached hydrogens (tertiary/aromatic N) is 3. The van der Waals surface area contributed by atoms with Crippen molar-refractivity contribution in [2.24, 2.45) is 7.05 Å². The van der Waals surface area contributed by atoms with Crippen molar-refractivity contribution in [1.82, 2.24) is 9.13 Å². The first-order valence-electron chi connectivity index (χ1n) is 6.28. The SMILES string of the molecule is C=COC[C@H]1O[C@@H](n2cc(C#N)c(=O)n(C)c2=O)C[C@@H]1O. The highest BCUT2D eigenvalue weighted by Gasteiger charge is 2.36. The second kappa shape index (κ2) is 5.95. The van der Waals surface area contributed by atoms with E-state index in [9.17, 15) is 14.7 Å². The number of aromatic nitrogens is 2. The van der Waals surface area contributed by atoms with Crippen LogP contribution in [0.1, 0.15) is 18.2 Å². The Labute approximate surface area is 120 Å². The standard InChI is InChI=1S/C13H15N3O5/c1-3-20-7-10-9(17)4-11(21-10)16-6-8(5-14)12(18)15(2)13(16)19/h3,6,9-11,17H,1,4,7H2,2H3/t9-,10+,11+/m0/s1. The van der Waals surface area contributed by atoms with E-state index in [1.54, 1.807) is 6.07 Å². The zero-order chi connectivity index (χ0) is 15.6. The number of hydrogen-bond donors (Lipinski definition) is 1. The van der Waals surface area contributed by atoms with Crippen LogP contribution < -0.4 is 11.2 Å². The molecule has 0 amide bonds. The van der Waals surface area contributed by atoms with Crippen molar-refractivity contribution in [3.05, 3.63) is 45.4 Å². The maximum Gasteiger partial charge on any atom is 0.332 e. The first kappa shape index (κ1) is 15.0. The molecule has 8 nitrogen and oxygen atoms in total. The molecule has 0 unspecified atom stereocenters. The number of hydrogen-bond acceptors (Lipinski definition) is 6. The molecular weight excluding hydrogens is 278 g/mol. The number of nitriles is 1. The average Bonchev–Trinajstić information content (AvgIpc) is 2.84. The molecule has 1 aromatic heterocycles. The van der Waals surface area contributed by atoms with Gasteiger partial charge in [0.15, 0.2) is 0 Å². The minimum Gasteiger partial charge on any atom is -0.499 e. The molecule has 1 aliphatic rings. The Morgan fingerprint density at radius 3 is 3.00 bits per heavy atom. The molecule has 21 heavy (non-hydrogen) atoms. The lowest BCUT2D eigenvalue weighted by atomic mass is 10.2. The van der Waals surface area contributed by atoms with Crippen LogP contribution in [0.4, 0.5) is 0 Å². The van der Waals surface area contributed by atoms with E-state index in [2.05, 4.69) is 6.58 Å². The smallest absolute Gasteiger partial charge is 0.332 e. The molecule has 0 aliphatic carbocycles. The molecule has 0 bridgehead atoms. The van der Waals surface area contributed by atoms with Crippen LogP contribution in [0.5, 0.6) is 0 Å². The summed E-state index contributed by atoms with van der Waals surface area (Å²) in [6, 6.07) is 1.73. The predicted octanol–water partition coefficient (Wildman–Crippen LogP) is -0.773. The Balaban J connectivity index is 2.34. The molecule has 2 rings (SSSR count). The summed E-state index contributed by atoms with van der Waals surface area (Å²) in [5.41, 5.74) is -1.44. The van der Waals surface area contributed by atoms with Crippen LogP contribution in [0.25, 0.3) is 0 Å². The van der Waals surface area contributed by atoms with Gasteiger partial charge in [-0.05, 0) is 0 Å². The van der Waals surface area contributed by atoms with Crippen LogP contribution in [-0.4, -0.2) is 33.1 Å². The molecule has 0 radical (unpaired) electrons. The van der Waals surface area contributed by atoms with Gasteiger partial charge in [-0.25, -0.2) is 4.79 Å². The van der Waals surface area contributed by atoms with Gasteiger partial charge < -0.3 is 14.6 Å². The molecule has 1 N–H and O–H groups in total. The van der Waals surface area contributed by atoms with Gasteiger partial charge in [-0.1, -0.05) is 6.58 Å². The normalized spacial score (nSPS) is 24.5. The molecular formula is C13H15N3O5. The molecule has 112 valence electrons. The average molecular weight is 293 g/mol. The molecule has 1 saturated heterocycles. The highest BCUT2D eigenvalue weighted by atomic mass is 16.6. The van der Waals surface area contributed by atoms with Gasteiger partial charge in [0, 0.05) is 19.7 Å². The van der Waals surface area contributed by atoms with E-state index in [1.807, 2.05) is 0 Å². The largest absolute Gasteiger partial charge is 0.499 e. The van der Waals surface area contributed by atoms with Crippen molar-refractivity contribution in [3.8, 4) is 6.07 Å². The third-order valence-electron chi connectivity index (χ3n) is 3.32. The van der Waals surface area contributed by atoms with Crippen molar-refractivity contribution in [1.29, 1.82) is 5.26 Å². The minimum absolute atomic E-state index is 0.104. The van der Waals surface area contributed by atoms with Crippen LogP contribution in [-0.2, 0) is 16.5 Å². The maximum atomic E-state index is 12.1. The lowest BCUT2D eigenvalue weighted by Gasteiger charge is -2.16. The van der Waals surface area contributed by atoms with E-state index < -0.39 is 29.7 Å². The van der Waals surface area contributed by atoms with Gasteiger partial charge in [0.1, 0.15) is 30.6 Å². The molecule has 8 heteroatoms. The topological polar surface area (TPSA) is 106 Å². The Bertz CT molecular complexity index is 699. The van der Waals surface area contributed by atoms with Gasteiger partial charge in [0.2, 0.25) is 0 Å². The van der Waals surface area contributed by atoms with E-state index in [4.69, 9.17) is 14.7 Å². The second-order valence-electron chi connectivity index (χ2n) is 4.64. The molecule has 1 fully saturated rings. The summed E-state index contributed by atoms with van der Waals surface area (Å²) in [4.78, 5) is 23.7. The van der Waals surface area contributed by atoms with Crippen LogP contribution in [0, 0.1) is 11.3 Å². The first-order valence-corrected chi connectivity index (χ1v) is 6.28. The van der Waals surface area contributed by atoms with Crippen LogP contribution in [0.3, 0.4) is 0 Å². The summed E-state index contributed by atoms with van der Waals surface area (Å²) >= 11 is 0. The Hall–Kier alpha value is -2.37. The maximum absolute atomic E-state index is 12.1. The van der Waals surface area contributed by atoms with Crippen molar-refractivity contribution >= 4 is 0 Å². The molecule has 0 saturated carbocycles. The second-order valence-corrected chi connectivity index (χ2v) is 4.64. The summed E-state index contributed by atoms with van der Waals surface area (Å²) in [6.45, 7) is 3.50. The summed E-state index contributed by atoms with van der Waals surface area (Å²) in [7, 11) is 1.28. The predicted molar refractivity (Wildman–Crippen MR) is 71.3 cm³/mol. The van der Waals surface area contributed by atoms with E-state index in [0.29, 0.717) is 0 Å². The lowest BCUT2D eigenvalue weighted by molar-refractivity contribution is -0.0487. The number of ether oxygens (including phenoxy) is 2. The molecule has 1 aromatic rings. The van der Waals surface area contributed by atoms with Crippen molar-refractivity contribution in [2.45, 2.75) is 24.9 Å². The van der Waals surface area contributed by atoms with Gasteiger partial charge in [-0.3, -0.25) is 13.9 Å². The summed E-state index contributed by atoms with van der Waals surface area (Å²) in [5.74, 6) is 0. The quantitative estimate of drug-likeness (QED) is 0.730. The summed E-state index contributed by atoms with van der Waals surface area (Å²) in [6.07, 6.45) is 0.361. The summed E-state index contributed by atoms with van der Waals surface area (Å²) < 4.78 is 12.5. The van der Waals surface area contributed by atoms with E-state index in [0.717, 1.165) is 15.3 Å². The fourth-order valence-corrected chi connectivity index (χ4v) is 2.17. The number of aliphatic hydroxyl groups is 1. The molecule has 0 spiro atoms. The highest BCUT2D eigenvalue weighted by Crippen LogP contribution is 2.27. The van der Waals surface area contributed by atoms with Crippen LogP contribution in [0.2, 0.25) is 0 Å². The van der Waals surface area contributed by atoms with Crippen LogP contribution >= 0.6 is 0 Å². The Morgan fingerprint density at radius 2 is 2.38 bits per heavy atom.